The van der Waals surface area contributed by atoms with E-state index in [1.54, 1.807) is 32.9 Å². The SMILES string of the molecule is COc1ccc(O)c([C@H]2C3=CCn4c(=O)n(C)c(=O)n4[C@@H]3C[C@H]3C(=O)C(C)=C(C)C(=O)[C@@]23C)c1. The Kier molecular flexibility index (Phi) is 4.69. The van der Waals surface area contributed by atoms with E-state index < -0.39 is 34.7 Å². The van der Waals surface area contributed by atoms with Crippen LogP contribution in [0.4, 0.5) is 0 Å². The summed E-state index contributed by atoms with van der Waals surface area (Å²) in [5.74, 6) is -1.24. The number of ether oxygens (including phenoxy) is 1. The summed E-state index contributed by atoms with van der Waals surface area (Å²) in [7, 11) is 2.94. The van der Waals surface area contributed by atoms with Crippen molar-refractivity contribution in [3.8, 4) is 11.5 Å². The number of Topliss-reactive ketones (excluding diaryl/α,β-unsaturated/α-hetero) is 2. The van der Waals surface area contributed by atoms with Crippen molar-refractivity contribution in [2.45, 2.75) is 45.7 Å². The lowest BCUT2D eigenvalue weighted by Gasteiger charge is -2.53. The summed E-state index contributed by atoms with van der Waals surface area (Å²) in [6.45, 7) is 5.26. The molecule has 0 amide bonds. The Morgan fingerprint density at radius 3 is 2.47 bits per heavy atom. The Morgan fingerprint density at radius 2 is 1.79 bits per heavy atom. The summed E-state index contributed by atoms with van der Waals surface area (Å²) in [6, 6.07) is 4.20. The van der Waals surface area contributed by atoms with Gasteiger partial charge in [0.05, 0.1) is 25.1 Å². The molecule has 34 heavy (non-hydrogen) atoms. The molecule has 3 aliphatic rings. The first-order valence-corrected chi connectivity index (χ1v) is 11.3. The predicted octanol–water partition coefficient (Wildman–Crippen LogP) is 1.84. The van der Waals surface area contributed by atoms with Crippen LogP contribution in [0, 0.1) is 11.3 Å². The normalized spacial score (nSPS) is 28.3. The molecule has 1 saturated carbocycles. The molecule has 1 aromatic heterocycles. The quantitative estimate of drug-likeness (QED) is 0.678. The zero-order chi connectivity index (χ0) is 24.7. The van der Waals surface area contributed by atoms with Gasteiger partial charge in [-0.3, -0.25) is 9.59 Å². The minimum absolute atomic E-state index is 0.0279. The number of phenolic OH excluding ortho intramolecular Hbond substituents is 1. The summed E-state index contributed by atoms with van der Waals surface area (Å²) in [5.41, 5.74) is -0.0574. The standard InChI is InChI=1S/C25H27N3O6/c1-12-13(2)22(31)25(3)17(21(12)30)11-18-15(8-9-27-23(32)26(4)24(33)28(18)27)20(25)16-10-14(34-5)6-7-19(16)29/h6-8,10,17-18,20,29H,9,11H2,1-5H3/t17-,18+,20+,25+/m0/s1. The van der Waals surface area contributed by atoms with Gasteiger partial charge in [-0.25, -0.2) is 23.5 Å². The third kappa shape index (κ3) is 2.60. The van der Waals surface area contributed by atoms with Gasteiger partial charge in [-0.2, -0.15) is 0 Å². The molecule has 0 saturated heterocycles. The van der Waals surface area contributed by atoms with Crippen LogP contribution in [0.1, 0.15) is 44.7 Å². The summed E-state index contributed by atoms with van der Waals surface area (Å²) >= 11 is 0. The van der Waals surface area contributed by atoms with Gasteiger partial charge in [-0.15, -0.1) is 0 Å². The molecule has 0 bridgehead atoms. The fourth-order valence-electron chi connectivity index (χ4n) is 6.19. The van der Waals surface area contributed by atoms with Crippen molar-refractivity contribution in [3.05, 3.63) is 67.5 Å². The lowest BCUT2D eigenvalue weighted by Crippen LogP contribution is -2.55. The number of nitrogens with zero attached hydrogens (tertiary/aromatic N) is 3. The van der Waals surface area contributed by atoms with Crippen LogP contribution in [0.3, 0.4) is 0 Å². The number of methoxy groups -OCH3 is 1. The van der Waals surface area contributed by atoms with Crippen LogP contribution in [0.2, 0.25) is 0 Å². The molecule has 2 heterocycles. The second kappa shape index (κ2) is 7.19. The number of aromatic hydroxyl groups is 1. The molecule has 1 aliphatic heterocycles. The Labute approximate surface area is 195 Å². The van der Waals surface area contributed by atoms with E-state index in [-0.39, 0.29) is 30.3 Å². The molecule has 9 nitrogen and oxygen atoms in total. The molecule has 1 fully saturated rings. The topological polar surface area (TPSA) is 113 Å². The molecule has 2 aliphatic carbocycles. The Bertz CT molecular complexity index is 1450. The second-order valence-corrected chi connectivity index (χ2v) is 9.64. The number of carbonyl (C=O) groups excluding carboxylic acids is 2. The van der Waals surface area contributed by atoms with Gasteiger partial charge in [-0.1, -0.05) is 13.0 Å². The van der Waals surface area contributed by atoms with E-state index in [2.05, 4.69) is 0 Å². The van der Waals surface area contributed by atoms with Gasteiger partial charge < -0.3 is 9.84 Å². The van der Waals surface area contributed by atoms with Gasteiger partial charge in [-0.05, 0) is 55.2 Å². The first kappa shape index (κ1) is 22.2. The summed E-state index contributed by atoms with van der Waals surface area (Å²) in [4.78, 5) is 53.1. The van der Waals surface area contributed by atoms with Gasteiger partial charge >= 0.3 is 11.4 Å². The number of benzene rings is 1. The van der Waals surface area contributed by atoms with E-state index in [4.69, 9.17) is 4.74 Å². The highest BCUT2D eigenvalue weighted by Gasteiger charge is 2.60. The van der Waals surface area contributed by atoms with Crippen LogP contribution in [0.25, 0.3) is 0 Å². The maximum absolute atomic E-state index is 13.9. The van der Waals surface area contributed by atoms with Crippen molar-refractivity contribution in [3.63, 3.8) is 0 Å². The van der Waals surface area contributed by atoms with Gasteiger partial charge in [0.2, 0.25) is 0 Å². The van der Waals surface area contributed by atoms with Crippen LogP contribution in [0.15, 0.2) is 50.6 Å². The lowest BCUT2D eigenvalue weighted by molar-refractivity contribution is -0.140. The maximum atomic E-state index is 13.9. The van der Waals surface area contributed by atoms with Crippen molar-refractivity contribution in [2.24, 2.45) is 18.4 Å². The van der Waals surface area contributed by atoms with Crippen molar-refractivity contribution < 1.29 is 19.4 Å². The Balaban J connectivity index is 1.83. The number of rotatable bonds is 2. The van der Waals surface area contributed by atoms with E-state index in [0.717, 1.165) is 10.1 Å². The zero-order valence-electron chi connectivity index (χ0n) is 19.8. The fraction of sp³-hybridized carbons (Fsp3) is 0.440. The van der Waals surface area contributed by atoms with Crippen LogP contribution in [-0.2, 0) is 23.2 Å². The smallest absolute Gasteiger partial charge is 0.347 e. The van der Waals surface area contributed by atoms with E-state index in [1.165, 1.54) is 29.6 Å². The largest absolute Gasteiger partial charge is 0.508 e. The minimum atomic E-state index is -1.17. The maximum Gasteiger partial charge on any atom is 0.347 e. The van der Waals surface area contributed by atoms with Crippen LogP contribution in [-0.4, -0.2) is 37.7 Å². The highest BCUT2D eigenvalue weighted by atomic mass is 16.5. The summed E-state index contributed by atoms with van der Waals surface area (Å²) < 4.78 is 9.21. The molecule has 2 aromatic rings. The average molecular weight is 466 g/mol. The third-order valence-electron chi connectivity index (χ3n) is 8.17. The molecule has 1 aromatic carbocycles. The van der Waals surface area contributed by atoms with Crippen LogP contribution >= 0.6 is 0 Å². The predicted molar refractivity (Wildman–Crippen MR) is 123 cm³/mol. The van der Waals surface area contributed by atoms with Crippen LogP contribution < -0.4 is 16.1 Å². The second-order valence-electron chi connectivity index (χ2n) is 9.64. The first-order valence-electron chi connectivity index (χ1n) is 11.3. The number of aromatic nitrogens is 3. The zero-order valence-corrected chi connectivity index (χ0v) is 19.8. The van der Waals surface area contributed by atoms with Gasteiger partial charge in [0.15, 0.2) is 11.6 Å². The number of hydrogen-bond acceptors (Lipinski definition) is 6. The third-order valence-corrected chi connectivity index (χ3v) is 8.17. The summed E-state index contributed by atoms with van der Waals surface area (Å²) in [5, 5.41) is 10.9. The highest BCUT2D eigenvalue weighted by Crippen LogP contribution is 2.61. The number of carbonyl (C=O) groups is 2. The Hall–Kier alpha value is -3.62. The molecule has 0 unspecified atom stereocenters. The average Bonchev–Trinajstić information content (AvgIpc) is 3.05. The van der Waals surface area contributed by atoms with Crippen molar-refractivity contribution in [2.75, 3.05) is 7.11 Å². The van der Waals surface area contributed by atoms with Gasteiger partial charge in [0.25, 0.3) is 0 Å². The number of allylic oxidation sites excluding steroid dienone is 4. The van der Waals surface area contributed by atoms with E-state index in [1.807, 2.05) is 6.08 Å². The molecule has 1 N–H and O–H groups in total. The van der Waals surface area contributed by atoms with Crippen molar-refractivity contribution in [1.82, 2.24) is 13.9 Å². The number of phenols is 1. The Morgan fingerprint density at radius 1 is 1.09 bits per heavy atom. The van der Waals surface area contributed by atoms with Crippen LogP contribution in [0.5, 0.6) is 11.5 Å². The van der Waals surface area contributed by atoms with Gasteiger partial charge in [0.1, 0.15) is 11.5 Å². The molecular weight excluding hydrogens is 438 g/mol. The highest BCUT2D eigenvalue weighted by molar-refractivity contribution is 6.15. The molecule has 9 heteroatoms. The van der Waals surface area contributed by atoms with Gasteiger partial charge in [0, 0.05) is 24.4 Å². The molecular formula is C25H27N3O6. The lowest BCUT2D eigenvalue weighted by atomic mass is 9.50. The number of fused-ring (bicyclic) bond motifs is 4. The molecule has 5 rings (SSSR count). The number of ketones is 2. The van der Waals surface area contributed by atoms with E-state index >= 15 is 0 Å². The van der Waals surface area contributed by atoms with E-state index in [9.17, 15) is 24.3 Å². The minimum Gasteiger partial charge on any atom is -0.508 e. The van der Waals surface area contributed by atoms with E-state index in [0.29, 0.717) is 22.5 Å². The molecule has 4 atom stereocenters. The molecule has 0 radical (unpaired) electrons. The molecule has 178 valence electrons. The van der Waals surface area contributed by atoms with Crippen molar-refractivity contribution in [1.29, 1.82) is 0 Å². The monoisotopic (exact) mass is 465 g/mol. The molecule has 0 spiro atoms. The fourth-order valence-corrected chi connectivity index (χ4v) is 6.19. The first-order chi connectivity index (χ1) is 16.0. The summed E-state index contributed by atoms with van der Waals surface area (Å²) in [6.07, 6.45) is 2.07. The van der Waals surface area contributed by atoms with Crippen molar-refractivity contribution >= 4 is 11.6 Å². The number of hydrogen-bond donors (Lipinski definition) is 1.